The minimum atomic E-state index is -0.486. The second kappa shape index (κ2) is 5.40. The zero-order valence-corrected chi connectivity index (χ0v) is 11.4. The van der Waals surface area contributed by atoms with E-state index in [0.717, 1.165) is 24.8 Å². The molecule has 0 bridgehead atoms. The van der Waals surface area contributed by atoms with Crippen LogP contribution in [0.3, 0.4) is 0 Å². The smallest absolute Gasteiger partial charge is 0.412 e. The van der Waals surface area contributed by atoms with Gasteiger partial charge in [0, 0.05) is 4.88 Å². The molecule has 1 aliphatic rings. The first-order valence-electron chi connectivity index (χ1n) is 6.14. The topological polar surface area (TPSA) is 62.1 Å². The van der Waals surface area contributed by atoms with Crippen molar-refractivity contribution < 1.29 is 9.53 Å². The first-order valence-corrected chi connectivity index (χ1v) is 6.95. The van der Waals surface area contributed by atoms with Gasteiger partial charge in [-0.3, -0.25) is 5.32 Å². The average Bonchev–Trinajstić information content (AvgIpc) is 2.65. The van der Waals surface area contributed by atoms with Gasteiger partial charge in [-0.1, -0.05) is 6.92 Å². The number of fused-ring (bicyclic) bond motifs is 1. The fourth-order valence-corrected chi connectivity index (χ4v) is 3.56. The van der Waals surface area contributed by atoms with Crippen molar-refractivity contribution in [3.63, 3.8) is 0 Å². The van der Waals surface area contributed by atoms with Crippen molar-refractivity contribution in [1.82, 2.24) is 0 Å². The number of carbonyl (C=O) groups excluding carboxylic acids is 1. The Balaban J connectivity index is 2.26. The molecule has 0 saturated heterocycles. The number of nitriles is 1. The summed E-state index contributed by atoms with van der Waals surface area (Å²) < 4.78 is 4.85. The molecule has 0 spiro atoms. The minimum Gasteiger partial charge on any atom is -0.450 e. The molecule has 0 radical (unpaired) electrons. The molecule has 0 unspecified atom stereocenters. The molecule has 0 saturated carbocycles. The molecule has 1 amide bonds. The predicted octanol–water partition coefficient (Wildman–Crippen LogP) is 3.31. The quantitative estimate of drug-likeness (QED) is 0.891. The third-order valence-corrected chi connectivity index (χ3v) is 4.28. The van der Waals surface area contributed by atoms with Crippen LogP contribution in [0.1, 0.15) is 36.3 Å². The summed E-state index contributed by atoms with van der Waals surface area (Å²) in [5.74, 6) is 0.651. The molecule has 18 heavy (non-hydrogen) atoms. The fourth-order valence-electron chi connectivity index (χ4n) is 2.22. The zero-order valence-electron chi connectivity index (χ0n) is 10.6. The van der Waals surface area contributed by atoms with Gasteiger partial charge in [-0.05, 0) is 37.7 Å². The second-order valence-electron chi connectivity index (χ2n) is 4.51. The number of hydrogen-bond acceptors (Lipinski definition) is 4. The van der Waals surface area contributed by atoms with Crippen molar-refractivity contribution in [2.24, 2.45) is 5.92 Å². The number of hydrogen-bond donors (Lipinski definition) is 1. The van der Waals surface area contributed by atoms with Crippen LogP contribution in [-0.2, 0) is 17.6 Å². The second-order valence-corrected chi connectivity index (χ2v) is 5.62. The monoisotopic (exact) mass is 264 g/mol. The normalized spacial score (nSPS) is 17.7. The van der Waals surface area contributed by atoms with E-state index >= 15 is 0 Å². The summed E-state index contributed by atoms with van der Waals surface area (Å²) in [6.45, 7) is 4.30. The Bertz CT molecular complexity index is 502. The Labute approximate surface area is 111 Å². The molecule has 1 aromatic rings. The largest absolute Gasteiger partial charge is 0.450 e. The van der Waals surface area contributed by atoms with Gasteiger partial charge >= 0.3 is 6.09 Å². The van der Waals surface area contributed by atoms with Gasteiger partial charge < -0.3 is 4.74 Å². The first kappa shape index (κ1) is 12.9. The molecule has 1 heterocycles. The lowest BCUT2D eigenvalue weighted by molar-refractivity contribution is 0.168. The molecule has 5 heteroatoms. The molecule has 1 aromatic heterocycles. The van der Waals surface area contributed by atoms with Gasteiger partial charge in [-0.15, -0.1) is 11.3 Å². The average molecular weight is 264 g/mol. The van der Waals surface area contributed by atoms with Gasteiger partial charge in [0.2, 0.25) is 0 Å². The summed E-state index contributed by atoms with van der Waals surface area (Å²) in [6.07, 6.45) is 2.55. The van der Waals surface area contributed by atoms with Gasteiger partial charge in [0.15, 0.2) is 0 Å². The van der Waals surface area contributed by atoms with E-state index in [0.29, 0.717) is 23.1 Å². The van der Waals surface area contributed by atoms with Crippen LogP contribution >= 0.6 is 11.3 Å². The Morgan fingerprint density at radius 1 is 1.67 bits per heavy atom. The van der Waals surface area contributed by atoms with Crippen molar-refractivity contribution in [2.75, 3.05) is 11.9 Å². The Hall–Kier alpha value is -1.54. The molecule has 0 aliphatic heterocycles. The highest BCUT2D eigenvalue weighted by Crippen LogP contribution is 2.39. The Morgan fingerprint density at radius 3 is 3.11 bits per heavy atom. The summed E-state index contributed by atoms with van der Waals surface area (Å²) in [5, 5.41) is 12.5. The molecule has 4 nitrogen and oxygen atoms in total. The van der Waals surface area contributed by atoms with Gasteiger partial charge in [0.25, 0.3) is 0 Å². The molecule has 2 rings (SSSR count). The zero-order chi connectivity index (χ0) is 13.1. The van der Waals surface area contributed by atoms with Gasteiger partial charge in [0.1, 0.15) is 11.1 Å². The summed E-state index contributed by atoms with van der Waals surface area (Å²) in [6, 6.07) is 2.21. The van der Waals surface area contributed by atoms with E-state index in [-0.39, 0.29) is 0 Å². The highest BCUT2D eigenvalue weighted by atomic mass is 32.1. The SMILES string of the molecule is CCOC(=O)Nc1sc2c(c1C#N)CC[C@H](C)C2. The third kappa shape index (κ3) is 2.49. The third-order valence-electron chi connectivity index (χ3n) is 3.11. The van der Waals surface area contributed by atoms with Crippen LogP contribution in [0.25, 0.3) is 0 Å². The van der Waals surface area contributed by atoms with Crippen LogP contribution in [-0.4, -0.2) is 12.7 Å². The van der Waals surface area contributed by atoms with Gasteiger partial charge in [0.05, 0.1) is 12.2 Å². The summed E-state index contributed by atoms with van der Waals surface area (Å²) in [5.41, 5.74) is 1.74. The van der Waals surface area contributed by atoms with Crippen LogP contribution < -0.4 is 5.32 Å². The lowest BCUT2D eigenvalue weighted by Gasteiger charge is -2.17. The standard InChI is InChI=1S/C13H16N2O2S/c1-3-17-13(16)15-12-10(7-14)9-5-4-8(2)6-11(9)18-12/h8H,3-6H2,1-2H3,(H,15,16)/t8-/m0/s1. The lowest BCUT2D eigenvalue weighted by atomic mass is 9.89. The fraction of sp³-hybridized carbons (Fsp3) is 0.538. The molecule has 1 N–H and O–H groups in total. The predicted molar refractivity (Wildman–Crippen MR) is 70.9 cm³/mol. The Kier molecular flexibility index (Phi) is 3.87. The van der Waals surface area contributed by atoms with E-state index in [1.807, 2.05) is 0 Å². The van der Waals surface area contributed by atoms with Crippen molar-refractivity contribution in [3.05, 3.63) is 16.0 Å². The van der Waals surface area contributed by atoms with Crippen LogP contribution in [0.5, 0.6) is 0 Å². The van der Waals surface area contributed by atoms with Crippen LogP contribution in [0.15, 0.2) is 0 Å². The number of nitrogens with zero attached hydrogens (tertiary/aromatic N) is 1. The minimum absolute atomic E-state index is 0.329. The van der Waals surface area contributed by atoms with Crippen LogP contribution in [0, 0.1) is 17.2 Å². The van der Waals surface area contributed by atoms with E-state index in [4.69, 9.17) is 4.74 Å². The van der Waals surface area contributed by atoms with E-state index in [2.05, 4.69) is 18.3 Å². The van der Waals surface area contributed by atoms with Crippen LogP contribution in [0.2, 0.25) is 0 Å². The van der Waals surface area contributed by atoms with Crippen molar-refractivity contribution in [3.8, 4) is 6.07 Å². The highest BCUT2D eigenvalue weighted by Gasteiger charge is 2.24. The van der Waals surface area contributed by atoms with Crippen molar-refractivity contribution >= 4 is 22.4 Å². The summed E-state index contributed by atoms with van der Waals surface area (Å²) >= 11 is 1.51. The number of anilines is 1. The highest BCUT2D eigenvalue weighted by molar-refractivity contribution is 7.16. The van der Waals surface area contributed by atoms with E-state index in [1.54, 1.807) is 6.92 Å². The summed E-state index contributed by atoms with van der Waals surface area (Å²) in [7, 11) is 0. The number of amides is 1. The van der Waals surface area contributed by atoms with E-state index in [1.165, 1.54) is 16.2 Å². The van der Waals surface area contributed by atoms with Gasteiger partial charge in [-0.2, -0.15) is 5.26 Å². The van der Waals surface area contributed by atoms with E-state index < -0.39 is 6.09 Å². The van der Waals surface area contributed by atoms with Crippen molar-refractivity contribution in [1.29, 1.82) is 5.26 Å². The maximum Gasteiger partial charge on any atom is 0.412 e. The molecule has 0 aromatic carbocycles. The molecular weight excluding hydrogens is 248 g/mol. The molecular formula is C13H16N2O2S. The maximum atomic E-state index is 11.4. The first-order chi connectivity index (χ1) is 8.65. The molecule has 1 atom stereocenters. The van der Waals surface area contributed by atoms with E-state index in [9.17, 15) is 10.1 Å². The number of rotatable bonds is 2. The Morgan fingerprint density at radius 2 is 2.44 bits per heavy atom. The molecule has 0 fully saturated rings. The maximum absolute atomic E-state index is 11.4. The number of carbonyl (C=O) groups is 1. The lowest BCUT2D eigenvalue weighted by Crippen LogP contribution is -2.13. The number of ether oxygens (including phenoxy) is 1. The van der Waals surface area contributed by atoms with Crippen molar-refractivity contribution in [2.45, 2.75) is 33.1 Å². The number of thiophene rings is 1. The molecule has 96 valence electrons. The number of nitrogens with one attached hydrogen (secondary N) is 1. The van der Waals surface area contributed by atoms with Gasteiger partial charge in [-0.25, -0.2) is 4.79 Å². The molecule has 1 aliphatic carbocycles. The summed E-state index contributed by atoms with van der Waals surface area (Å²) in [4.78, 5) is 12.7. The van der Waals surface area contributed by atoms with Crippen LogP contribution in [0.4, 0.5) is 9.80 Å².